The number of pyridine rings is 1. The Balaban J connectivity index is 2.29. The summed E-state index contributed by atoms with van der Waals surface area (Å²) < 4.78 is 38.4. The highest BCUT2D eigenvalue weighted by atomic mass is 19.4. The first-order valence-electron chi connectivity index (χ1n) is 5.16. The van der Waals surface area contributed by atoms with E-state index in [4.69, 9.17) is 5.53 Å². The summed E-state index contributed by atoms with van der Waals surface area (Å²) in [6.07, 6.45) is -2.56. The molecule has 94 valence electrons. The number of halogens is 3. The Labute approximate surface area is 100 Å². The van der Waals surface area contributed by atoms with Gasteiger partial charge in [0.25, 0.3) is 5.78 Å². The van der Waals surface area contributed by atoms with Crippen LogP contribution < -0.4 is 0 Å². The van der Waals surface area contributed by atoms with Crippen molar-refractivity contribution in [2.45, 2.75) is 24.4 Å². The maximum atomic E-state index is 12.8. The third-order valence-corrected chi connectivity index (χ3v) is 3.01. The molecule has 0 aliphatic heterocycles. The highest BCUT2D eigenvalue weighted by Crippen LogP contribution is 2.58. The molecule has 18 heavy (non-hydrogen) atoms. The van der Waals surface area contributed by atoms with Crippen molar-refractivity contribution in [1.29, 1.82) is 0 Å². The smallest absolute Gasteiger partial charge is 0.361 e. The normalized spacial score (nSPS) is 16.8. The molecule has 1 fully saturated rings. The average molecular weight is 255 g/mol. The second-order valence-electron chi connectivity index (χ2n) is 4.12. The van der Waals surface area contributed by atoms with E-state index < -0.39 is 17.4 Å². The molecule has 1 aliphatic carbocycles. The summed E-state index contributed by atoms with van der Waals surface area (Å²) in [5.41, 5.74) is 6.33. The van der Waals surface area contributed by atoms with Gasteiger partial charge in [-0.1, -0.05) is 0 Å². The van der Waals surface area contributed by atoms with Crippen molar-refractivity contribution in [2.75, 3.05) is 0 Å². The first-order valence-corrected chi connectivity index (χ1v) is 5.16. The van der Waals surface area contributed by atoms with Gasteiger partial charge in [-0.2, -0.15) is 18.0 Å². The van der Waals surface area contributed by atoms with Gasteiger partial charge in [-0.05, 0) is 25.0 Å². The van der Waals surface area contributed by atoms with Gasteiger partial charge in [0, 0.05) is 11.8 Å². The van der Waals surface area contributed by atoms with Crippen LogP contribution in [0.1, 0.15) is 28.9 Å². The number of rotatable bonds is 3. The van der Waals surface area contributed by atoms with Gasteiger partial charge in [0.2, 0.25) is 0 Å². The van der Waals surface area contributed by atoms with Crippen molar-refractivity contribution in [2.24, 2.45) is 0 Å². The Hall–Kier alpha value is -2.01. The molecule has 0 amide bonds. The second kappa shape index (κ2) is 4.03. The summed E-state index contributed by atoms with van der Waals surface area (Å²) in [5, 5.41) is 0. The van der Waals surface area contributed by atoms with Gasteiger partial charge in [0.15, 0.2) is 0 Å². The molecule has 1 aliphatic rings. The third-order valence-electron chi connectivity index (χ3n) is 3.01. The van der Waals surface area contributed by atoms with E-state index in [1.807, 2.05) is 0 Å². The molecule has 1 heterocycles. The van der Waals surface area contributed by atoms with Crippen LogP contribution >= 0.6 is 0 Å². The molecule has 0 N–H and O–H groups in total. The Bertz CT molecular complexity index is 525. The van der Waals surface area contributed by atoms with Crippen LogP contribution in [0.4, 0.5) is 13.2 Å². The average Bonchev–Trinajstić information content (AvgIpc) is 3.10. The zero-order chi connectivity index (χ0) is 13.4. The van der Waals surface area contributed by atoms with E-state index in [0.29, 0.717) is 6.21 Å². The number of nitrogens with zero attached hydrogens (tertiary/aromatic N) is 3. The predicted molar refractivity (Wildman–Crippen MR) is 55.2 cm³/mol. The molecule has 0 bridgehead atoms. The lowest BCUT2D eigenvalue weighted by molar-refractivity contribution is -0.161. The zero-order valence-corrected chi connectivity index (χ0v) is 9.11. The van der Waals surface area contributed by atoms with Gasteiger partial charge in [-0.3, -0.25) is 9.78 Å². The Morgan fingerprint density at radius 3 is 2.50 bits per heavy atom. The Morgan fingerprint density at radius 1 is 1.44 bits per heavy atom. The quantitative estimate of drug-likeness (QED) is 0.359. The monoisotopic (exact) mass is 255 g/mol. The van der Waals surface area contributed by atoms with Gasteiger partial charge >= 0.3 is 12.4 Å². The number of carbonyl (C=O) groups excluding carboxylic acids is 1. The fourth-order valence-corrected chi connectivity index (χ4v) is 1.76. The molecule has 2 rings (SSSR count). The number of hydrogen-bond acceptors (Lipinski definition) is 2. The number of aromatic nitrogens is 1. The third kappa shape index (κ3) is 1.93. The fourth-order valence-electron chi connectivity index (χ4n) is 1.76. The summed E-state index contributed by atoms with van der Waals surface area (Å²) in [7, 11) is 0. The minimum atomic E-state index is -4.32. The molecule has 1 aromatic rings. The van der Waals surface area contributed by atoms with Crippen LogP contribution in [-0.4, -0.2) is 27.9 Å². The lowest BCUT2D eigenvalue weighted by Crippen LogP contribution is -2.29. The van der Waals surface area contributed by atoms with E-state index in [2.05, 4.69) is 9.77 Å². The molecular weight excluding hydrogens is 247 g/mol. The molecule has 1 saturated carbocycles. The summed E-state index contributed by atoms with van der Waals surface area (Å²) in [4.78, 5) is 17.5. The molecule has 0 atom stereocenters. The number of hydrogen-bond donors (Lipinski definition) is 0. The highest BCUT2D eigenvalue weighted by molar-refractivity contribution is 6.33. The van der Waals surface area contributed by atoms with Crippen molar-refractivity contribution in [3.8, 4) is 0 Å². The molecule has 0 unspecified atom stereocenters. The fraction of sp³-hybridized carbons (Fsp3) is 0.364. The summed E-state index contributed by atoms with van der Waals surface area (Å²) >= 11 is 0. The van der Waals surface area contributed by atoms with Crippen LogP contribution in [-0.2, 0) is 5.41 Å². The topological polar surface area (TPSA) is 66.4 Å². The largest absolute Gasteiger partial charge is 0.399 e. The minimum absolute atomic E-state index is 0.0227. The van der Waals surface area contributed by atoms with Crippen molar-refractivity contribution >= 4 is 12.0 Å². The van der Waals surface area contributed by atoms with E-state index in [0.717, 1.165) is 6.20 Å². The van der Waals surface area contributed by atoms with Crippen molar-refractivity contribution < 1.29 is 22.8 Å². The van der Waals surface area contributed by atoms with E-state index in [1.165, 1.54) is 12.1 Å². The highest BCUT2D eigenvalue weighted by Gasteiger charge is 2.65. The van der Waals surface area contributed by atoms with Crippen LogP contribution in [0.25, 0.3) is 5.53 Å². The summed E-state index contributed by atoms with van der Waals surface area (Å²) in [5.74, 6) is -0.617. The molecule has 0 aromatic carbocycles. The van der Waals surface area contributed by atoms with Gasteiger partial charge < -0.3 is 5.53 Å². The van der Waals surface area contributed by atoms with Crippen LogP contribution in [0, 0.1) is 0 Å². The van der Waals surface area contributed by atoms with E-state index in [1.54, 1.807) is 0 Å². The summed E-state index contributed by atoms with van der Waals surface area (Å²) in [6.45, 7) is 0. The van der Waals surface area contributed by atoms with Gasteiger partial charge in [-0.15, -0.1) is 0 Å². The maximum absolute atomic E-state index is 12.8. The van der Waals surface area contributed by atoms with Gasteiger partial charge in [-0.25, -0.2) is 0 Å². The molecule has 7 heteroatoms. The minimum Gasteiger partial charge on any atom is -0.361 e. The maximum Gasteiger partial charge on any atom is 0.399 e. The van der Waals surface area contributed by atoms with Crippen molar-refractivity contribution in [3.05, 3.63) is 35.1 Å². The van der Waals surface area contributed by atoms with Crippen LogP contribution in [0.15, 0.2) is 18.3 Å². The summed E-state index contributed by atoms with van der Waals surface area (Å²) in [6, 6.07) is 2.44. The first-order chi connectivity index (χ1) is 8.40. The molecule has 0 saturated heterocycles. The van der Waals surface area contributed by atoms with Crippen molar-refractivity contribution in [1.82, 2.24) is 4.98 Å². The molecule has 0 radical (unpaired) electrons. The molecule has 4 nitrogen and oxygen atoms in total. The SMILES string of the molecule is [N-]=[N+]=CC(=O)c1ccc(C2(C(F)(F)F)CC2)nc1. The number of alkyl halides is 3. The number of Topliss-reactive ketones (excluding diaryl/α,β-unsaturated/α-hetero) is 1. The molecular formula is C11H8F3N3O. The lowest BCUT2D eigenvalue weighted by Gasteiger charge is -2.18. The Kier molecular flexibility index (Phi) is 2.78. The molecule has 0 spiro atoms. The van der Waals surface area contributed by atoms with Gasteiger partial charge in [0.05, 0.1) is 5.69 Å². The van der Waals surface area contributed by atoms with Gasteiger partial charge in [0.1, 0.15) is 5.41 Å². The second-order valence-corrected chi connectivity index (χ2v) is 4.12. The standard InChI is InChI=1S/C11H8F3N3O/c12-11(13,14)10(3-4-10)9-2-1-7(5-16-9)8(18)6-17-15/h1-2,5-6H,3-4H2. The predicted octanol–water partition coefficient (Wildman–Crippen LogP) is 2.16. The first kappa shape index (κ1) is 12.4. The van der Waals surface area contributed by atoms with Crippen LogP contribution in [0.3, 0.4) is 0 Å². The van der Waals surface area contributed by atoms with E-state index >= 15 is 0 Å². The Morgan fingerprint density at radius 2 is 2.11 bits per heavy atom. The lowest BCUT2D eigenvalue weighted by atomic mass is 10.0. The van der Waals surface area contributed by atoms with Crippen molar-refractivity contribution in [3.63, 3.8) is 0 Å². The van der Waals surface area contributed by atoms with Crippen LogP contribution in [0.2, 0.25) is 0 Å². The number of ketones is 1. The number of carbonyl (C=O) groups is 1. The zero-order valence-electron chi connectivity index (χ0n) is 9.11. The molecule has 1 aromatic heterocycles. The van der Waals surface area contributed by atoms with Crippen LogP contribution in [0.5, 0.6) is 0 Å². The van der Waals surface area contributed by atoms with E-state index in [-0.39, 0.29) is 24.1 Å². The van der Waals surface area contributed by atoms with E-state index in [9.17, 15) is 18.0 Å².